The monoisotopic (exact) mass is 254 g/mol. The summed E-state index contributed by atoms with van der Waals surface area (Å²) in [4.78, 5) is 13.1. The molecule has 0 radical (unpaired) electrons. The normalized spacial score (nSPS) is 12.1. The van der Waals surface area contributed by atoms with Crippen LogP contribution in [0.1, 0.15) is 25.5 Å². The molecule has 0 fully saturated rings. The molecule has 1 atom stereocenters. The zero-order valence-corrected chi connectivity index (χ0v) is 10.9. The number of benzene rings is 1. The molecule has 100 valence electrons. The number of carbonyl (C=O) groups is 1. The molecule has 5 heteroatoms. The van der Waals surface area contributed by atoms with Crippen molar-refractivity contribution >= 4 is 5.91 Å². The molecule has 0 aliphatic heterocycles. The maximum absolute atomic E-state index is 13.1. The second-order valence-corrected chi connectivity index (χ2v) is 4.17. The van der Waals surface area contributed by atoms with Gasteiger partial charge in [0.25, 0.3) is 5.91 Å². The molecule has 0 saturated heterocycles. The van der Waals surface area contributed by atoms with Gasteiger partial charge in [-0.05, 0) is 19.9 Å². The Hall–Kier alpha value is -1.62. The highest BCUT2D eigenvalue weighted by atomic mass is 19.1. The van der Waals surface area contributed by atoms with Gasteiger partial charge in [-0.1, -0.05) is 6.07 Å². The van der Waals surface area contributed by atoms with Gasteiger partial charge in [0.15, 0.2) is 6.61 Å². The zero-order chi connectivity index (χ0) is 13.7. The Morgan fingerprint density at radius 2 is 2.22 bits per heavy atom. The molecule has 1 aromatic carbocycles. The Labute approximate surface area is 107 Å². The van der Waals surface area contributed by atoms with Crippen molar-refractivity contribution in [2.24, 2.45) is 5.73 Å². The van der Waals surface area contributed by atoms with Crippen LogP contribution in [0.4, 0.5) is 4.39 Å². The maximum Gasteiger partial charge on any atom is 0.260 e. The summed E-state index contributed by atoms with van der Waals surface area (Å²) < 4.78 is 18.5. The van der Waals surface area contributed by atoms with E-state index in [9.17, 15) is 9.18 Å². The van der Waals surface area contributed by atoms with Gasteiger partial charge < -0.3 is 15.4 Å². The van der Waals surface area contributed by atoms with Gasteiger partial charge in [-0.3, -0.25) is 4.79 Å². The van der Waals surface area contributed by atoms with Gasteiger partial charge in [0, 0.05) is 31.3 Å². The average Bonchev–Trinajstić information content (AvgIpc) is 2.34. The number of amides is 1. The second kappa shape index (κ2) is 6.35. The standard InChI is InChI=1S/C13H19FN2O2/c1-4-16(3)13(17)8-18-12-7-10(14)5-6-11(12)9(2)15/h5-7,9H,4,8,15H2,1-3H3/t9-/m1/s1. The van der Waals surface area contributed by atoms with E-state index in [2.05, 4.69) is 0 Å². The van der Waals surface area contributed by atoms with Crippen molar-refractivity contribution in [1.82, 2.24) is 4.90 Å². The Bertz CT molecular complexity index is 421. The van der Waals surface area contributed by atoms with Crippen LogP contribution in [-0.2, 0) is 4.79 Å². The predicted octanol–water partition coefficient (Wildman–Crippen LogP) is 1.70. The molecule has 0 aromatic heterocycles. The van der Waals surface area contributed by atoms with E-state index in [0.29, 0.717) is 17.9 Å². The number of hydrogen-bond acceptors (Lipinski definition) is 3. The highest BCUT2D eigenvalue weighted by Crippen LogP contribution is 2.24. The van der Waals surface area contributed by atoms with Crippen molar-refractivity contribution in [3.05, 3.63) is 29.6 Å². The van der Waals surface area contributed by atoms with E-state index in [0.717, 1.165) is 0 Å². The fraction of sp³-hybridized carbons (Fsp3) is 0.462. The fourth-order valence-corrected chi connectivity index (χ4v) is 1.44. The van der Waals surface area contributed by atoms with E-state index in [4.69, 9.17) is 10.5 Å². The lowest BCUT2D eigenvalue weighted by Gasteiger charge is -2.17. The van der Waals surface area contributed by atoms with Crippen LogP contribution in [-0.4, -0.2) is 31.0 Å². The van der Waals surface area contributed by atoms with E-state index >= 15 is 0 Å². The third-order valence-corrected chi connectivity index (χ3v) is 2.72. The predicted molar refractivity (Wildman–Crippen MR) is 67.8 cm³/mol. The largest absolute Gasteiger partial charge is 0.483 e. The van der Waals surface area contributed by atoms with Crippen LogP contribution in [0.25, 0.3) is 0 Å². The zero-order valence-electron chi connectivity index (χ0n) is 10.9. The SMILES string of the molecule is CCN(C)C(=O)COc1cc(F)ccc1[C@@H](C)N. The van der Waals surface area contributed by atoms with E-state index in [1.807, 2.05) is 6.92 Å². The topological polar surface area (TPSA) is 55.6 Å². The maximum atomic E-state index is 13.1. The Kier molecular flexibility index (Phi) is 5.09. The van der Waals surface area contributed by atoms with Crippen LogP contribution in [0.5, 0.6) is 5.75 Å². The molecule has 0 heterocycles. The molecular weight excluding hydrogens is 235 g/mol. The number of hydrogen-bond donors (Lipinski definition) is 1. The first-order chi connectivity index (χ1) is 8.45. The van der Waals surface area contributed by atoms with Gasteiger partial charge in [0.2, 0.25) is 0 Å². The highest BCUT2D eigenvalue weighted by Gasteiger charge is 2.12. The number of nitrogens with two attached hydrogens (primary N) is 1. The van der Waals surface area contributed by atoms with Gasteiger partial charge in [-0.2, -0.15) is 0 Å². The summed E-state index contributed by atoms with van der Waals surface area (Å²) in [6.45, 7) is 4.13. The molecule has 0 saturated carbocycles. The Morgan fingerprint density at radius 3 is 2.78 bits per heavy atom. The molecule has 1 amide bonds. The van der Waals surface area contributed by atoms with Gasteiger partial charge in [0.1, 0.15) is 11.6 Å². The quantitative estimate of drug-likeness (QED) is 0.870. The molecular formula is C13H19FN2O2. The van der Waals surface area contributed by atoms with Crippen molar-refractivity contribution in [2.75, 3.05) is 20.2 Å². The van der Waals surface area contributed by atoms with Gasteiger partial charge >= 0.3 is 0 Å². The first-order valence-corrected chi connectivity index (χ1v) is 5.87. The lowest BCUT2D eigenvalue weighted by atomic mass is 10.1. The molecule has 2 N–H and O–H groups in total. The van der Waals surface area contributed by atoms with Gasteiger partial charge in [-0.25, -0.2) is 4.39 Å². The average molecular weight is 254 g/mol. The van der Waals surface area contributed by atoms with Crippen LogP contribution in [0.2, 0.25) is 0 Å². The first-order valence-electron chi connectivity index (χ1n) is 5.87. The molecule has 0 aliphatic rings. The Morgan fingerprint density at radius 1 is 1.56 bits per heavy atom. The summed E-state index contributed by atoms with van der Waals surface area (Å²) in [5.74, 6) is -0.245. The number of halogens is 1. The molecule has 4 nitrogen and oxygen atoms in total. The highest BCUT2D eigenvalue weighted by molar-refractivity contribution is 5.77. The fourth-order valence-electron chi connectivity index (χ4n) is 1.44. The minimum Gasteiger partial charge on any atom is -0.483 e. The number of carbonyl (C=O) groups excluding carboxylic acids is 1. The van der Waals surface area contributed by atoms with Crippen molar-refractivity contribution in [3.8, 4) is 5.75 Å². The smallest absolute Gasteiger partial charge is 0.260 e. The number of likely N-dealkylation sites (N-methyl/N-ethyl adjacent to an activating group) is 1. The lowest BCUT2D eigenvalue weighted by Crippen LogP contribution is -2.31. The van der Waals surface area contributed by atoms with Crippen molar-refractivity contribution < 1.29 is 13.9 Å². The second-order valence-electron chi connectivity index (χ2n) is 4.17. The minimum absolute atomic E-state index is 0.118. The molecule has 1 rings (SSSR count). The molecule has 1 aromatic rings. The molecule has 0 unspecified atom stereocenters. The first kappa shape index (κ1) is 14.4. The molecule has 18 heavy (non-hydrogen) atoms. The summed E-state index contributed by atoms with van der Waals surface area (Å²) in [7, 11) is 1.68. The number of rotatable bonds is 5. The lowest BCUT2D eigenvalue weighted by molar-refractivity contribution is -0.131. The molecule has 0 bridgehead atoms. The summed E-state index contributed by atoms with van der Waals surface area (Å²) >= 11 is 0. The van der Waals surface area contributed by atoms with Crippen LogP contribution in [0.15, 0.2) is 18.2 Å². The van der Waals surface area contributed by atoms with E-state index in [-0.39, 0.29) is 18.6 Å². The van der Waals surface area contributed by atoms with E-state index < -0.39 is 5.82 Å². The minimum atomic E-state index is -0.411. The van der Waals surface area contributed by atoms with Gasteiger partial charge in [-0.15, -0.1) is 0 Å². The summed E-state index contributed by atoms with van der Waals surface area (Å²) in [5, 5.41) is 0. The molecule has 0 aliphatic carbocycles. The summed E-state index contributed by atoms with van der Waals surface area (Å²) in [6, 6.07) is 3.87. The van der Waals surface area contributed by atoms with Crippen molar-refractivity contribution in [3.63, 3.8) is 0 Å². The summed E-state index contributed by atoms with van der Waals surface area (Å²) in [6.07, 6.45) is 0. The summed E-state index contributed by atoms with van der Waals surface area (Å²) in [5.41, 5.74) is 6.44. The third-order valence-electron chi connectivity index (χ3n) is 2.72. The number of nitrogens with zero attached hydrogens (tertiary/aromatic N) is 1. The van der Waals surface area contributed by atoms with E-state index in [1.165, 1.54) is 17.0 Å². The number of ether oxygens (including phenoxy) is 1. The van der Waals surface area contributed by atoms with Gasteiger partial charge in [0.05, 0.1) is 0 Å². The Balaban J connectivity index is 2.77. The molecule has 0 spiro atoms. The van der Waals surface area contributed by atoms with Crippen molar-refractivity contribution in [2.45, 2.75) is 19.9 Å². The third kappa shape index (κ3) is 3.70. The van der Waals surface area contributed by atoms with Crippen LogP contribution >= 0.6 is 0 Å². The van der Waals surface area contributed by atoms with Crippen LogP contribution in [0.3, 0.4) is 0 Å². The van der Waals surface area contributed by atoms with E-state index in [1.54, 1.807) is 20.0 Å². The van der Waals surface area contributed by atoms with Crippen LogP contribution < -0.4 is 10.5 Å². The van der Waals surface area contributed by atoms with Crippen molar-refractivity contribution in [1.29, 1.82) is 0 Å². The van der Waals surface area contributed by atoms with Crippen LogP contribution in [0, 0.1) is 5.82 Å².